The van der Waals surface area contributed by atoms with E-state index in [1.54, 1.807) is 11.8 Å². The molecule has 49 heavy (non-hydrogen) atoms. The number of nitrogens with one attached hydrogen (secondary N) is 2. The van der Waals surface area contributed by atoms with Crippen LogP contribution in [-0.4, -0.2) is 36.3 Å². The number of amides is 3. The number of hydrogen-bond acceptors (Lipinski definition) is 7. The molecule has 1 aliphatic heterocycles. The van der Waals surface area contributed by atoms with Crippen molar-refractivity contribution in [2.45, 2.75) is 64.9 Å². The number of benzene rings is 3. The second kappa shape index (κ2) is 15.1. The Morgan fingerprint density at radius 1 is 0.878 bits per heavy atom. The van der Waals surface area contributed by atoms with E-state index in [0.29, 0.717) is 16.3 Å². The van der Waals surface area contributed by atoms with E-state index >= 15 is 0 Å². The fraction of sp³-hybridized carbons (Fsp3) is 0.256. The zero-order valence-corrected chi connectivity index (χ0v) is 29.5. The average molecular weight is 708 g/mol. The first-order valence-electron chi connectivity index (χ1n) is 16.6. The summed E-state index contributed by atoms with van der Waals surface area (Å²) in [6, 6.07) is 24.9. The fourth-order valence-electron chi connectivity index (χ4n) is 6.60. The van der Waals surface area contributed by atoms with Gasteiger partial charge in [0.2, 0.25) is 5.91 Å². The number of para-hydroxylation sites is 1. The predicted molar refractivity (Wildman–Crippen MR) is 201 cm³/mol. The van der Waals surface area contributed by atoms with Gasteiger partial charge in [0.25, 0.3) is 0 Å². The van der Waals surface area contributed by atoms with Gasteiger partial charge in [-0.25, -0.2) is 9.59 Å². The number of hydrogen-bond donors (Lipinski definition) is 2. The molecule has 0 radical (unpaired) electrons. The van der Waals surface area contributed by atoms with Crippen molar-refractivity contribution in [3.05, 3.63) is 125 Å². The number of carbonyl (C=O) groups is 3. The molecule has 2 N–H and O–H groups in total. The molecule has 2 heterocycles. The van der Waals surface area contributed by atoms with E-state index in [1.807, 2.05) is 89.8 Å². The first-order chi connectivity index (χ1) is 24.0. The minimum absolute atomic E-state index is 0.111. The predicted octanol–water partition coefficient (Wildman–Crippen LogP) is 9.67. The second-order valence-corrected chi connectivity index (χ2v) is 15.7. The molecule has 1 aromatic heterocycles. The number of ether oxygens (including phenoxy) is 1. The zero-order chi connectivity index (χ0) is 33.7. The Bertz CT molecular complexity index is 1920. The van der Waals surface area contributed by atoms with Crippen LogP contribution in [0.1, 0.15) is 57.3 Å². The lowest BCUT2D eigenvalue weighted by Crippen LogP contribution is -2.49. The minimum atomic E-state index is -0.617. The highest BCUT2D eigenvalue weighted by Gasteiger charge is 2.37. The van der Waals surface area contributed by atoms with Crippen LogP contribution in [0.5, 0.6) is 0 Å². The Balaban J connectivity index is 1.14. The van der Waals surface area contributed by atoms with Crippen LogP contribution in [0.25, 0.3) is 0 Å². The van der Waals surface area contributed by atoms with Crippen molar-refractivity contribution in [1.29, 1.82) is 0 Å². The largest absolute Gasteiger partial charge is 0.465 e. The van der Waals surface area contributed by atoms with Crippen LogP contribution in [0.2, 0.25) is 0 Å². The summed E-state index contributed by atoms with van der Waals surface area (Å²) in [7, 11) is 1.39. The Labute approximate surface area is 299 Å². The van der Waals surface area contributed by atoms with Crippen LogP contribution in [0.4, 0.5) is 21.2 Å². The molecule has 3 aliphatic rings. The molecular formula is C39H37N3O4S3. The highest BCUT2D eigenvalue weighted by molar-refractivity contribution is 8.00. The first-order valence-corrected chi connectivity index (χ1v) is 19.1. The van der Waals surface area contributed by atoms with E-state index in [4.69, 9.17) is 4.74 Å². The van der Waals surface area contributed by atoms with Crippen molar-refractivity contribution >= 4 is 69.1 Å². The number of rotatable bonds is 7. The van der Waals surface area contributed by atoms with Gasteiger partial charge in [0.1, 0.15) is 10.3 Å². The highest BCUT2D eigenvalue weighted by Crippen LogP contribution is 2.44. The van der Waals surface area contributed by atoms with Crippen molar-refractivity contribution in [2.75, 3.05) is 22.6 Å². The third-order valence-corrected chi connectivity index (χ3v) is 12.7. The normalized spacial score (nSPS) is 18.6. The maximum atomic E-state index is 14.2. The summed E-state index contributed by atoms with van der Waals surface area (Å²) in [5.41, 5.74) is 3.85. The smallest absolute Gasteiger partial charge is 0.341 e. The van der Waals surface area contributed by atoms with Crippen LogP contribution in [-0.2, 0) is 22.4 Å². The van der Waals surface area contributed by atoms with E-state index in [1.165, 1.54) is 36.6 Å². The number of anilines is 3. The van der Waals surface area contributed by atoms with Gasteiger partial charge < -0.3 is 15.4 Å². The monoisotopic (exact) mass is 707 g/mol. The van der Waals surface area contributed by atoms with E-state index in [0.717, 1.165) is 63.6 Å². The van der Waals surface area contributed by atoms with Gasteiger partial charge in [-0.1, -0.05) is 85.7 Å². The van der Waals surface area contributed by atoms with Crippen LogP contribution >= 0.6 is 34.9 Å². The molecule has 0 saturated heterocycles. The van der Waals surface area contributed by atoms with Gasteiger partial charge in [0, 0.05) is 20.4 Å². The quantitative estimate of drug-likeness (QED) is 0.147. The van der Waals surface area contributed by atoms with Gasteiger partial charge in [-0.2, -0.15) is 0 Å². The van der Waals surface area contributed by atoms with Crippen LogP contribution in [0, 0.1) is 0 Å². The summed E-state index contributed by atoms with van der Waals surface area (Å²) < 4.78 is 5.20. The molecule has 250 valence electrons. The molecular weight excluding hydrogens is 671 g/mol. The van der Waals surface area contributed by atoms with E-state index in [2.05, 4.69) is 28.9 Å². The number of thiophene rings is 1. The first kappa shape index (κ1) is 33.3. The van der Waals surface area contributed by atoms with Gasteiger partial charge in [0.15, 0.2) is 0 Å². The summed E-state index contributed by atoms with van der Waals surface area (Å²) in [6.07, 6.45) is 14.3. The van der Waals surface area contributed by atoms with Gasteiger partial charge in [-0.3, -0.25) is 9.69 Å². The SMILES string of the molecule is COC(=O)c1c(NC(=O)C(Sc2cccc(NC(=O)N3c4ccccc4SC4C=CC=CC43)c2)c2ccccc2)sc2c1CCCCCC2. The van der Waals surface area contributed by atoms with Gasteiger partial charge in [-0.15, -0.1) is 34.9 Å². The summed E-state index contributed by atoms with van der Waals surface area (Å²) in [5.74, 6) is -0.641. The zero-order valence-electron chi connectivity index (χ0n) is 27.1. The number of urea groups is 1. The van der Waals surface area contributed by atoms with Crippen molar-refractivity contribution in [1.82, 2.24) is 0 Å². The molecule has 10 heteroatoms. The number of carbonyl (C=O) groups excluding carboxylic acids is 3. The molecule has 7 nitrogen and oxygen atoms in total. The summed E-state index contributed by atoms with van der Waals surface area (Å²) in [4.78, 5) is 46.0. The number of thioether (sulfide) groups is 2. The number of aryl methyl sites for hydroxylation is 1. The van der Waals surface area contributed by atoms with Crippen molar-refractivity contribution < 1.29 is 19.1 Å². The lowest BCUT2D eigenvalue weighted by molar-refractivity contribution is -0.115. The summed E-state index contributed by atoms with van der Waals surface area (Å²) in [6.45, 7) is 0. The van der Waals surface area contributed by atoms with Crippen LogP contribution in [0.3, 0.4) is 0 Å². The van der Waals surface area contributed by atoms with Crippen LogP contribution in [0.15, 0.2) is 113 Å². The molecule has 2 aliphatic carbocycles. The van der Waals surface area contributed by atoms with E-state index in [9.17, 15) is 14.4 Å². The molecule has 0 fully saturated rings. The molecule has 0 saturated carbocycles. The third kappa shape index (κ3) is 7.22. The molecule has 0 spiro atoms. The maximum Gasteiger partial charge on any atom is 0.341 e. The van der Waals surface area contributed by atoms with Crippen molar-refractivity contribution in [3.8, 4) is 0 Å². The third-order valence-electron chi connectivity index (χ3n) is 8.94. The average Bonchev–Trinajstić information content (AvgIpc) is 3.44. The lowest BCUT2D eigenvalue weighted by atomic mass is 9.96. The summed E-state index contributed by atoms with van der Waals surface area (Å²) >= 11 is 4.66. The summed E-state index contributed by atoms with van der Waals surface area (Å²) in [5, 5.41) is 6.32. The lowest BCUT2D eigenvalue weighted by Gasteiger charge is -2.40. The van der Waals surface area contributed by atoms with Crippen molar-refractivity contribution in [3.63, 3.8) is 0 Å². The van der Waals surface area contributed by atoms with Gasteiger partial charge >= 0.3 is 12.0 Å². The molecule has 3 amide bonds. The van der Waals surface area contributed by atoms with Crippen molar-refractivity contribution in [2.24, 2.45) is 0 Å². The number of fused-ring (bicyclic) bond motifs is 3. The number of methoxy groups -OCH3 is 1. The molecule has 3 atom stereocenters. The number of nitrogens with zero attached hydrogens (tertiary/aromatic N) is 1. The fourth-order valence-corrected chi connectivity index (χ4v) is 10.2. The molecule has 0 bridgehead atoms. The molecule has 4 aromatic rings. The van der Waals surface area contributed by atoms with E-state index in [-0.39, 0.29) is 23.2 Å². The topological polar surface area (TPSA) is 87.7 Å². The van der Waals surface area contributed by atoms with E-state index < -0.39 is 11.2 Å². The van der Waals surface area contributed by atoms with Gasteiger partial charge in [0.05, 0.1) is 29.7 Å². The van der Waals surface area contributed by atoms with Gasteiger partial charge in [-0.05, 0) is 67.1 Å². The number of esters is 1. The highest BCUT2D eigenvalue weighted by atomic mass is 32.2. The number of allylic oxidation sites excluding steroid dienone is 2. The van der Waals surface area contributed by atoms with Crippen LogP contribution < -0.4 is 15.5 Å². The molecule has 7 rings (SSSR count). The second-order valence-electron chi connectivity index (χ2n) is 12.2. The maximum absolute atomic E-state index is 14.2. The Morgan fingerprint density at radius 2 is 1.65 bits per heavy atom. The Hall–Kier alpha value is -4.25. The molecule has 3 unspecified atom stereocenters. The standard InChI is InChI=1S/C39H37N3O4S3/c1-46-38(44)34-28-18-7-2-3-8-21-31(28)49-37(34)41-36(43)35(25-14-5-4-6-15-25)47-27-17-13-16-26(24-27)40-39(45)42-29-19-9-11-22-32(29)48-33-23-12-10-20-30(33)42/h4-6,9-17,19-20,22-24,29,32,35H,2-3,7-8,18,21H2,1H3,(H,40,45)(H,41,43). The Morgan fingerprint density at radius 3 is 2.49 bits per heavy atom. The minimum Gasteiger partial charge on any atom is -0.465 e. The molecule has 3 aromatic carbocycles. The Kier molecular flexibility index (Phi) is 10.3.